The molecule has 4 nitrogen and oxygen atoms in total. The van der Waals surface area contributed by atoms with Gasteiger partial charge < -0.3 is 15.9 Å². The summed E-state index contributed by atoms with van der Waals surface area (Å²) < 4.78 is 0. The Morgan fingerprint density at radius 2 is 2.00 bits per heavy atom. The monoisotopic (exact) mass is 223 g/mol. The molecule has 1 unspecified atom stereocenters. The van der Waals surface area contributed by atoms with E-state index in [1.807, 2.05) is 13.0 Å². The third-order valence-corrected chi connectivity index (χ3v) is 2.73. The lowest BCUT2D eigenvalue weighted by atomic mass is 9.90. The van der Waals surface area contributed by atoms with E-state index in [0.717, 1.165) is 16.7 Å². The lowest BCUT2D eigenvalue weighted by Crippen LogP contribution is -2.17. The number of rotatable bonds is 4. The third kappa shape index (κ3) is 2.73. The molecule has 0 bridgehead atoms. The molecule has 1 atom stereocenters. The van der Waals surface area contributed by atoms with Crippen LogP contribution >= 0.6 is 0 Å². The maximum atomic E-state index is 10.7. The quantitative estimate of drug-likeness (QED) is 0.722. The second kappa shape index (κ2) is 4.99. The van der Waals surface area contributed by atoms with Crippen molar-refractivity contribution in [3.63, 3.8) is 0 Å². The van der Waals surface area contributed by atoms with Crippen molar-refractivity contribution in [1.82, 2.24) is 0 Å². The van der Waals surface area contributed by atoms with Gasteiger partial charge in [0.05, 0.1) is 6.42 Å². The Morgan fingerprint density at radius 3 is 2.50 bits per heavy atom. The zero-order valence-corrected chi connectivity index (χ0v) is 9.53. The number of benzene rings is 1. The average Bonchev–Trinajstić information content (AvgIpc) is 2.20. The summed E-state index contributed by atoms with van der Waals surface area (Å²) in [5.74, 6) is -0.829. The Labute approximate surface area is 94.7 Å². The molecule has 0 saturated heterocycles. The summed E-state index contributed by atoms with van der Waals surface area (Å²) in [7, 11) is 0. The highest BCUT2D eigenvalue weighted by Crippen LogP contribution is 2.28. The predicted octanol–water partition coefficient (Wildman–Crippen LogP) is 1.53. The highest BCUT2D eigenvalue weighted by atomic mass is 16.4. The minimum Gasteiger partial charge on any atom is -0.508 e. The van der Waals surface area contributed by atoms with Crippen molar-refractivity contribution < 1.29 is 15.0 Å². The molecular weight excluding hydrogens is 206 g/mol. The van der Waals surface area contributed by atoms with Gasteiger partial charge >= 0.3 is 5.97 Å². The summed E-state index contributed by atoms with van der Waals surface area (Å²) in [4.78, 5) is 10.7. The van der Waals surface area contributed by atoms with Crippen LogP contribution in [0.1, 0.15) is 29.0 Å². The Balaban J connectivity index is 3.09. The largest absolute Gasteiger partial charge is 0.508 e. The number of hydrogen-bond acceptors (Lipinski definition) is 3. The number of hydrogen-bond donors (Lipinski definition) is 3. The number of aromatic hydroxyl groups is 1. The van der Waals surface area contributed by atoms with Crippen LogP contribution in [0.4, 0.5) is 0 Å². The molecule has 0 aliphatic carbocycles. The van der Waals surface area contributed by atoms with Gasteiger partial charge in [-0.25, -0.2) is 0 Å². The average molecular weight is 223 g/mol. The SMILES string of the molecule is Cc1cc(C(CN)CC(=O)O)c(C)cc1O. The van der Waals surface area contributed by atoms with Gasteiger partial charge in [0.15, 0.2) is 0 Å². The third-order valence-electron chi connectivity index (χ3n) is 2.73. The standard InChI is InChI=1S/C12H17NO3/c1-7-4-11(14)8(2)3-10(7)9(6-13)5-12(15)16/h3-4,9,14H,5-6,13H2,1-2H3,(H,15,16). The summed E-state index contributed by atoms with van der Waals surface area (Å²) in [5, 5.41) is 18.3. The summed E-state index contributed by atoms with van der Waals surface area (Å²) in [6, 6.07) is 3.46. The van der Waals surface area contributed by atoms with Gasteiger partial charge in [-0.2, -0.15) is 0 Å². The maximum Gasteiger partial charge on any atom is 0.304 e. The molecule has 0 heterocycles. The molecule has 0 aliphatic heterocycles. The molecule has 4 heteroatoms. The molecule has 1 aromatic carbocycles. The molecule has 16 heavy (non-hydrogen) atoms. The van der Waals surface area contributed by atoms with Crippen molar-refractivity contribution in [2.24, 2.45) is 5.73 Å². The van der Waals surface area contributed by atoms with Gasteiger partial charge in [0, 0.05) is 5.92 Å². The van der Waals surface area contributed by atoms with Gasteiger partial charge in [-0.05, 0) is 43.1 Å². The predicted molar refractivity (Wildman–Crippen MR) is 61.6 cm³/mol. The summed E-state index contributed by atoms with van der Waals surface area (Å²) in [6.45, 7) is 3.92. The van der Waals surface area contributed by atoms with Gasteiger partial charge in [-0.15, -0.1) is 0 Å². The first-order valence-electron chi connectivity index (χ1n) is 5.17. The van der Waals surface area contributed by atoms with Gasteiger partial charge in [0.1, 0.15) is 5.75 Å². The maximum absolute atomic E-state index is 10.7. The Bertz CT molecular complexity index is 401. The van der Waals surface area contributed by atoms with E-state index < -0.39 is 5.97 Å². The van der Waals surface area contributed by atoms with E-state index in [1.165, 1.54) is 0 Å². The van der Waals surface area contributed by atoms with Crippen molar-refractivity contribution in [1.29, 1.82) is 0 Å². The van der Waals surface area contributed by atoms with Gasteiger partial charge in [0.25, 0.3) is 0 Å². The fraction of sp³-hybridized carbons (Fsp3) is 0.417. The number of nitrogens with two attached hydrogens (primary N) is 1. The fourth-order valence-corrected chi connectivity index (χ4v) is 1.79. The second-order valence-corrected chi connectivity index (χ2v) is 4.03. The highest BCUT2D eigenvalue weighted by molar-refractivity contribution is 5.68. The topological polar surface area (TPSA) is 83.6 Å². The van der Waals surface area contributed by atoms with Crippen molar-refractivity contribution in [2.45, 2.75) is 26.2 Å². The van der Waals surface area contributed by atoms with E-state index in [0.29, 0.717) is 0 Å². The van der Waals surface area contributed by atoms with Crippen LogP contribution < -0.4 is 5.73 Å². The molecule has 0 saturated carbocycles. The summed E-state index contributed by atoms with van der Waals surface area (Å²) in [6.07, 6.45) is 0.0154. The van der Waals surface area contributed by atoms with Crippen LogP contribution in [0.15, 0.2) is 12.1 Å². The molecule has 0 aliphatic rings. The first-order valence-corrected chi connectivity index (χ1v) is 5.17. The van der Waals surface area contributed by atoms with E-state index in [9.17, 15) is 9.90 Å². The fourth-order valence-electron chi connectivity index (χ4n) is 1.79. The van der Waals surface area contributed by atoms with Gasteiger partial charge in [-0.1, -0.05) is 6.07 Å². The Hall–Kier alpha value is -1.55. The summed E-state index contributed by atoms with van der Waals surface area (Å²) >= 11 is 0. The van der Waals surface area contributed by atoms with Gasteiger partial charge in [-0.3, -0.25) is 4.79 Å². The van der Waals surface area contributed by atoms with E-state index in [2.05, 4.69) is 0 Å². The molecule has 0 fully saturated rings. The van der Waals surface area contributed by atoms with E-state index >= 15 is 0 Å². The number of carboxylic acid groups (broad SMARTS) is 1. The smallest absolute Gasteiger partial charge is 0.304 e. The van der Waals surface area contributed by atoms with Crippen LogP contribution in [0.3, 0.4) is 0 Å². The van der Waals surface area contributed by atoms with Crippen LogP contribution in [0.2, 0.25) is 0 Å². The van der Waals surface area contributed by atoms with Crippen LogP contribution in [0.5, 0.6) is 5.75 Å². The van der Waals surface area contributed by atoms with Crippen LogP contribution in [-0.2, 0) is 4.79 Å². The van der Waals surface area contributed by atoms with Crippen LogP contribution in [0, 0.1) is 13.8 Å². The van der Waals surface area contributed by atoms with Crippen LogP contribution in [-0.4, -0.2) is 22.7 Å². The second-order valence-electron chi connectivity index (χ2n) is 4.03. The molecule has 4 N–H and O–H groups in total. The molecule has 0 aromatic heterocycles. The molecule has 0 spiro atoms. The number of aryl methyl sites for hydroxylation is 2. The van der Waals surface area contributed by atoms with Crippen molar-refractivity contribution in [3.8, 4) is 5.75 Å². The number of carbonyl (C=O) groups is 1. The molecule has 88 valence electrons. The zero-order chi connectivity index (χ0) is 12.3. The summed E-state index contributed by atoms with van der Waals surface area (Å²) in [5.41, 5.74) is 8.10. The van der Waals surface area contributed by atoms with Gasteiger partial charge in [0.2, 0.25) is 0 Å². The first-order chi connectivity index (χ1) is 7.45. The Morgan fingerprint density at radius 1 is 1.38 bits per heavy atom. The highest BCUT2D eigenvalue weighted by Gasteiger charge is 2.17. The van der Waals surface area contributed by atoms with Crippen molar-refractivity contribution in [2.75, 3.05) is 6.54 Å². The van der Waals surface area contributed by atoms with Crippen molar-refractivity contribution in [3.05, 3.63) is 28.8 Å². The van der Waals surface area contributed by atoms with E-state index in [1.54, 1.807) is 13.0 Å². The normalized spacial score (nSPS) is 12.4. The first kappa shape index (κ1) is 12.5. The number of aliphatic carboxylic acids is 1. The van der Waals surface area contributed by atoms with E-state index in [4.69, 9.17) is 10.8 Å². The van der Waals surface area contributed by atoms with Crippen LogP contribution in [0.25, 0.3) is 0 Å². The molecule has 0 radical (unpaired) electrons. The number of carboxylic acids is 1. The minimum absolute atomic E-state index is 0.0154. The number of phenolic OH excluding ortho intramolecular Hbond substituents is 1. The lowest BCUT2D eigenvalue weighted by Gasteiger charge is -2.17. The molecule has 1 aromatic rings. The minimum atomic E-state index is -0.861. The lowest BCUT2D eigenvalue weighted by molar-refractivity contribution is -0.137. The molecular formula is C12H17NO3. The molecule has 0 amide bonds. The Kier molecular flexibility index (Phi) is 3.90. The molecule has 1 rings (SSSR count). The zero-order valence-electron chi connectivity index (χ0n) is 9.53. The van der Waals surface area contributed by atoms with Crippen molar-refractivity contribution >= 4 is 5.97 Å². The van der Waals surface area contributed by atoms with E-state index in [-0.39, 0.29) is 24.6 Å². The number of phenols is 1.